The highest BCUT2D eigenvalue weighted by Crippen LogP contribution is 2.34. The lowest BCUT2D eigenvalue weighted by atomic mass is 10.0. The molecule has 0 amide bonds. The molecule has 178 valence electrons. The fraction of sp³-hybridized carbons (Fsp3) is 0.0455. The number of hydrogen-bond acceptors (Lipinski definition) is 6. The Morgan fingerprint density at radius 2 is 1.94 bits per heavy atom. The van der Waals surface area contributed by atoms with Crippen molar-refractivity contribution >= 4 is 32.8 Å². The number of hydrogen-bond donors (Lipinski definition) is 2. The van der Waals surface area contributed by atoms with Crippen LogP contribution < -0.4 is 9.46 Å². The molecular formula is C22H15ClF2N6O3S. The molecule has 0 atom stereocenters. The van der Waals surface area contributed by atoms with Crippen LogP contribution in [-0.4, -0.2) is 39.9 Å². The highest BCUT2D eigenvalue weighted by Gasteiger charge is 2.25. The second-order valence-corrected chi connectivity index (χ2v) is 9.37. The van der Waals surface area contributed by atoms with Gasteiger partial charge in [0.1, 0.15) is 5.82 Å². The van der Waals surface area contributed by atoms with E-state index in [1.807, 2.05) is 0 Å². The van der Waals surface area contributed by atoms with E-state index in [1.165, 1.54) is 31.6 Å². The molecule has 0 aliphatic rings. The summed E-state index contributed by atoms with van der Waals surface area (Å²) in [6, 6.07) is 6.09. The number of methoxy groups -OCH3 is 1. The van der Waals surface area contributed by atoms with Crippen molar-refractivity contribution in [2.75, 3.05) is 11.8 Å². The van der Waals surface area contributed by atoms with Crippen molar-refractivity contribution in [2.24, 2.45) is 0 Å². The normalized spacial score (nSPS) is 11.7. The number of sulfonamides is 1. The molecule has 4 aromatic heterocycles. The van der Waals surface area contributed by atoms with Crippen molar-refractivity contribution in [3.8, 4) is 28.7 Å². The molecular weight excluding hydrogens is 502 g/mol. The Bertz CT molecular complexity index is 1670. The monoisotopic (exact) mass is 516 g/mol. The summed E-state index contributed by atoms with van der Waals surface area (Å²) in [7, 11) is -3.15. The average Bonchev–Trinajstić information content (AvgIpc) is 3.50. The smallest absolute Gasteiger partial charge is 0.267 e. The highest BCUT2D eigenvalue weighted by molar-refractivity contribution is 7.92. The number of benzene rings is 1. The van der Waals surface area contributed by atoms with Gasteiger partial charge in [-0.1, -0.05) is 11.6 Å². The van der Waals surface area contributed by atoms with Crippen molar-refractivity contribution in [2.45, 2.75) is 4.90 Å². The third kappa shape index (κ3) is 4.06. The number of H-pyrrole nitrogens is 1. The SMILES string of the molecule is COc1ncc(Cl)cc1S(=O)(=O)Nc1ccc(F)c(-c2ccn3c(-c4ncc[nH]4)ncc3c2)c1F. The van der Waals surface area contributed by atoms with E-state index < -0.39 is 37.8 Å². The van der Waals surface area contributed by atoms with Crippen LogP contribution in [0.2, 0.25) is 5.02 Å². The molecule has 2 N–H and O–H groups in total. The van der Waals surface area contributed by atoms with Crippen LogP contribution in [0.15, 0.2) is 66.2 Å². The van der Waals surface area contributed by atoms with Crippen LogP contribution in [0.25, 0.3) is 28.3 Å². The molecule has 1 aromatic carbocycles. The number of pyridine rings is 2. The van der Waals surface area contributed by atoms with Gasteiger partial charge < -0.3 is 9.72 Å². The molecule has 4 heterocycles. The van der Waals surface area contributed by atoms with Gasteiger partial charge in [-0.3, -0.25) is 9.12 Å². The number of aromatic nitrogens is 5. The minimum Gasteiger partial charge on any atom is -0.480 e. The summed E-state index contributed by atoms with van der Waals surface area (Å²) >= 11 is 5.88. The van der Waals surface area contributed by atoms with Crippen LogP contribution in [-0.2, 0) is 10.0 Å². The molecule has 0 spiro atoms. The van der Waals surface area contributed by atoms with Crippen LogP contribution in [0.4, 0.5) is 14.5 Å². The molecule has 35 heavy (non-hydrogen) atoms. The number of halogens is 3. The zero-order valence-corrected chi connectivity index (χ0v) is 19.4. The quantitative estimate of drug-likeness (QED) is 0.343. The number of imidazole rings is 2. The van der Waals surface area contributed by atoms with Gasteiger partial charge in [0.05, 0.1) is 35.1 Å². The molecule has 0 aliphatic carbocycles. The predicted octanol–water partition coefficient (Wildman–Crippen LogP) is 4.53. The second kappa shape index (κ2) is 8.64. The summed E-state index contributed by atoms with van der Waals surface area (Å²) in [5, 5.41) is 0.0365. The third-order valence-electron chi connectivity index (χ3n) is 5.13. The van der Waals surface area contributed by atoms with Gasteiger partial charge in [-0.25, -0.2) is 32.2 Å². The van der Waals surface area contributed by atoms with Crippen molar-refractivity contribution < 1.29 is 21.9 Å². The van der Waals surface area contributed by atoms with Crippen LogP contribution in [0.1, 0.15) is 0 Å². The zero-order valence-electron chi connectivity index (χ0n) is 17.8. The summed E-state index contributed by atoms with van der Waals surface area (Å²) < 4.78 is 64.9. The van der Waals surface area contributed by atoms with Gasteiger partial charge in [-0.05, 0) is 35.9 Å². The fourth-order valence-corrected chi connectivity index (χ4v) is 5.00. The van der Waals surface area contributed by atoms with E-state index in [0.717, 1.165) is 18.2 Å². The topological polar surface area (TPSA) is 114 Å². The lowest BCUT2D eigenvalue weighted by molar-refractivity contribution is 0.385. The molecule has 0 aliphatic heterocycles. The first kappa shape index (κ1) is 22.7. The van der Waals surface area contributed by atoms with E-state index in [-0.39, 0.29) is 16.5 Å². The Labute approximate surface area is 202 Å². The Morgan fingerprint density at radius 1 is 1.11 bits per heavy atom. The van der Waals surface area contributed by atoms with Gasteiger partial charge >= 0.3 is 0 Å². The molecule has 0 radical (unpaired) electrons. The molecule has 0 saturated carbocycles. The van der Waals surface area contributed by atoms with Crippen molar-refractivity contribution in [1.29, 1.82) is 0 Å². The lowest BCUT2D eigenvalue weighted by Crippen LogP contribution is -2.16. The van der Waals surface area contributed by atoms with Gasteiger partial charge in [0.15, 0.2) is 22.4 Å². The maximum atomic E-state index is 15.5. The zero-order chi connectivity index (χ0) is 24.7. The number of anilines is 1. The molecule has 9 nitrogen and oxygen atoms in total. The van der Waals surface area contributed by atoms with Gasteiger partial charge in [-0.15, -0.1) is 0 Å². The summed E-state index contributed by atoms with van der Waals surface area (Å²) in [6.07, 6.45) is 7.56. The van der Waals surface area contributed by atoms with Crippen LogP contribution in [0.3, 0.4) is 0 Å². The maximum absolute atomic E-state index is 15.5. The summed E-state index contributed by atoms with van der Waals surface area (Å²) in [6.45, 7) is 0. The van der Waals surface area contributed by atoms with Gasteiger partial charge in [-0.2, -0.15) is 0 Å². The number of fused-ring (bicyclic) bond motifs is 1. The number of rotatable bonds is 6. The van der Waals surface area contributed by atoms with Gasteiger partial charge in [0.25, 0.3) is 10.0 Å². The summed E-state index contributed by atoms with van der Waals surface area (Å²) in [4.78, 5) is 14.8. The molecule has 0 bridgehead atoms. The van der Waals surface area contributed by atoms with E-state index in [9.17, 15) is 12.8 Å². The highest BCUT2D eigenvalue weighted by atomic mass is 35.5. The Hall–Kier alpha value is -4.03. The van der Waals surface area contributed by atoms with E-state index >= 15 is 4.39 Å². The van der Waals surface area contributed by atoms with Crippen molar-refractivity contribution in [3.05, 3.63) is 78.0 Å². The van der Waals surface area contributed by atoms with E-state index in [1.54, 1.807) is 23.0 Å². The van der Waals surface area contributed by atoms with Gasteiger partial charge in [0.2, 0.25) is 5.88 Å². The summed E-state index contributed by atoms with van der Waals surface area (Å²) in [5.41, 5.74) is -0.146. The molecule has 0 saturated heterocycles. The number of nitrogens with zero attached hydrogens (tertiary/aromatic N) is 4. The molecule has 0 fully saturated rings. The van der Waals surface area contributed by atoms with Crippen LogP contribution in [0, 0.1) is 11.6 Å². The molecule has 5 aromatic rings. The standard InChI is InChI=1S/C22H15ClF2N6O3S/c1-34-22-17(9-13(23)10-29-22)35(32,33)30-16-3-2-15(24)18(19(16)25)12-4-7-31-14(8-12)11-28-21(31)20-26-5-6-27-20/h2-11,30H,1H3,(H,26,27). The second-order valence-electron chi connectivity index (χ2n) is 7.28. The van der Waals surface area contributed by atoms with Crippen molar-refractivity contribution in [1.82, 2.24) is 24.3 Å². The van der Waals surface area contributed by atoms with Gasteiger partial charge in [0, 0.05) is 24.8 Å². The first-order valence-electron chi connectivity index (χ1n) is 9.96. The maximum Gasteiger partial charge on any atom is 0.267 e. The molecule has 5 rings (SSSR count). The largest absolute Gasteiger partial charge is 0.480 e. The van der Waals surface area contributed by atoms with E-state index in [0.29, 0.717) is 17.2 Å². The Balaban J connectivity index is 1.56. The number of nitrogens with one attached hydrogen (secondary N) is 2. The fourth-order valence-electron chi connectivity index (χ4n) is 3.57. The van der Waals surface area contributed by atoms with E-state index in [4.69, 9.17) is 16.3 Å². The first-order valence-corrected chi connectivity index (χ1v) is 11.8. The molecule has 13 heteroatoms. The predicted molar refractivity (Wildman–Crippen MR) is 125 cm³/mol. The number of aromatic amines is 1. The number of ether oxygens (including phenoxy) is 1. The van der Waals surface area contributed by atoms with Crippen LogP contribution >= 0.6 is 11.6 Å². The Kier molecular flexibility index (Phi) is 5.61. The minimum absolute atomic E-state index is 0.0365. The third-order valence-corrected chi connectivity index (χ3v) is 6.70. The average molecular weight is 517 g/mol. The van der Waals surface area contributed by atoms with Crippen molar-refractivity contribution in [3.63, 3.8) is 0 Å². The lowest BCUT2D eigenvalue weighted by Gasteiger charge is -2.14. The van der Waals surface area contributed by atoms with Crippen LogP contribution in [0.5, 0.6) is 5.88 Å². The molecule has 0 unspecified atom stereocenters. The van der Waals surface area contributed by atoms with E-state index in [2.05, 4.69) is 24.7 Å². The summed E-state index contributed by atoms with van der Waals surface area (Å²) in [5.74, 6) is -1.16. The minimum atomic E-state index is -4.38. The Morgan fingerprint density at radius 3 is 2.69 bits per heavy atom. The first-order chi connectivity index (χ1) is 16.8.